The van der Waals surface area contributed by atoms with Crippen LogP contribution in [0.2, 0.25) is 0 Å². The van der Waals surface area contributed by atoms with Gasteiger partial charge in [0.2, 0.25) is 5.70 Å². The summed E-state index contributed by atoms with van der Waals surface area (Å²) in [5.41, 5.74) is 3.74. The summed E-state index contributed by atoms with van der Waals surface area (Å²) in [6.07, 6.45) is 11.0. The molecule has 1 aliphatic carbocycles. The maximum absolute atomic E-state index is 13.4. The number of hydrogen-bond donors (Lipinski definition) is 1. The van der Waals surface area contributed by atoms with E-state index in [1.807, 2.05) is 36.4 Å². The summed E-state index contributed by atoms with van der Waals surface area (Å²) in [7, 11) is 0. The summed E-state index contributed by atoms with van der Waals surface area (Å²) in [6, 6.07) is 10.6. The minimum absolute atomic E-state index is 0.0340. The van der Waals surface area contributed by atoms with Gasteiger partial charge in [-0.25, -0.2) is 8.78 Å². The summed E-state index contributed by atoms with van der Waals surface area (Å²) in [5, 5.41) is 0. The molecule has 0 aromatic heterocycles. The highest BCUT2D eigenvalue weighted by Crippen LogP contribution is 2.36. The first-order valence-corrected chi connectivity index (χ1v) is 9.32. The Morgan fingerprint density at radius 1 is 1.07 bits per heavy atom. The largest absolute Gasteiger partial charge is 0.489 e. The highest BCUT2D eigenvalue weighted by atomic mass is 19.1. The molecular formula is C23H17F2N4O+. The normalized spacial score (nSPS) is 21.3. The Labute approximate surface area is 171 Å². The Hall–Kier alpha value is -3.68. The van der Waals surface area contributed by atoms with Crippen molar-refractivity contribution in [2.45, 2.75) is 6.61 Å². The van der Waals surface area contributed by atoms with Crippen LogP contribution in [0.3, 0.4) is 0 Å². The fourth-order valence-corrected chi connectivity index (χ4v) is 3.53. The zero-order valence-electron chi connectivity index (χ0n) is 15.8. The maximum Gasteiger partial charge on any atom is 0.265 e. The van der Waals surface area contributed by atoms with Crippen molar-refractivity contribution in [1.29, 1.82) is 0 Å². The smallest absolute Gasteiger partial charge is 0.265 e. The number of ether oxygens (including phenoxy) is 1. The number of quaternary nitrogens is 1. The van der Waals surface area contributed by atoms with Crippen molar-refractivity contribution in [3.8, 4) is 5.75 Å². The molecule has 5 rings (SSSR count). The molecule has 2 N–H and O–H groups in total. The van der Waals surface area contributed by atoms with Crippen molar-refractivity contribution in [3.05, 3.63) is 113 Å². The molecule has 0 saturated heterocycles. The van der Waals surface area contributed by atoms with Crippen molar-refractivity contribution in [1.82, 2.24) is 0 Å². The first kappa shape index (κ1) is 18.4. The second-order valence-electron chi connectivity index (χ2n) is 7.10. The van der Waals surface area contributed by atoms with E-state index in [4.69, 9.17) is 15.6 Å². The predicted molar refractivity (Wildman–Crippen MR) is 110 cm³/mol. The molecule has 2 heterocycles. The number of rotatable bonds is 5. The molecule has 7 heteroatoms. The third-order valence-electron chi connectivity index (χ3n) is 5.04. The van der Waals surface area contributed by atoms with Crippen molar-refractivity contribution < 1.29 is 18.1 Å². The molecule has 0 radical (unpaired) electrons. The lowest BCUT2D eigenvalue weighted by atomic mass is 10.0. The van der Waals surface area contributed by atoms with Gasteiger partial charge >= 0.3 is 0 Å². The zero-order valence-corrected chi connectivity index (χ0v) is 15.8. The molecule has 0 fully saturated rings. The number of nitrogens with two attached hydrogens (primary N) is 1. The number of aliphatic imine (C=N–C) groups is 2. The Balaban J connectivity index is 1.44. The molecule has 5 nitrogen and oxygen atoms in total. The van der Waals surface area contributed by atoms with Crippen LogP contribution in [0.5, 0.6) is 5.75 Å². The van der Waals surface area contributed by atoms with Gasteiger partial charge in [0.05, 0.1) is 18.0 Å². The predicted octanol–water partition coefficient (Wildman–Crippen LogP) is 4.26. The van der Waals surface area contributed by atoms with E-state index in [0.717, 1.165) is 28.6 Å². The third-order valence-corrected chi connectivity index (χ3v) is 5.04. The van der Waals surface area contributed by atoms with Crippen LogP contribution in [0.25, 0.3) is 0 Å². The third kappa shape index (κ3) is 3.10. The van der Waals surface area contributed by atoms with Crippen LogP contribution in [0, 0.1) is 11.6 Å². The van der Waals surface area contributed by atoms with Gasteiger partial charge in [0.1, 0.15) is 35.9 Å². The number of hydrogen-bond acceptors (Lipinski definition) is 4. The maximum atomic E-state index is 13.4. The molecule has 148 valence electrons. The van der Waals surface area contributed by atoms with E-state index in [-0.39, 0.29) is 11.2 Å². The summed E-state index contributed by atoms with van der Waals surface area (Å²) in [6.45, 7) is 0.0340. The van der Waals surface area contributed by atoms with E-state index in [1.165, 1.54) is 12.1 Å². The number of benzene rings is 2. The summed E-state index contributed by atoms with van der Waals surface area (Å²) in [5.74, 6) is 6.59. The minimum atomic E-state index is -0.638. The Bertz CT molecular complexity index is 1220. The molecule has 0 spiro atoms. The number of fused-ring (bicyclic) bond motifs is 1. The van der Waals surface area contributed by atoms with E-state index in [1.54, 1.807) is 24.7 Å². The van der Waals surface area contributed by atoms with Crippen LogP contribution in [-0.4, -0.2) is 16.6 Å². The topological polar surface area (TPSA) is 60.0 Å². The summed E-state index contributed by atoms with van der Waals surface area (Å²) in [4.78, 5) is 9.02. The molecule has 0 saturated carbocycles. The van der Waals surface area contributed by atoms with Crippen LogP contribution < -0.4 is 10.6 Å². The Morgan fingerprint density at radius 2 is 1.87 bits per heavy atom. The minimum Gasteiger partial charge on any atom is -0.489 e. The van der Waals surface area contributed by atoms with Crippen molar-refractivity contribution >= 4 is 12.1 Å². The highest BCUT2D eigenvalue weighted by molar-refractivity contribution is 6.01. The number of amidine groups is 1. The number of halogens is 2. The van der Waals surface area contributed by atoms with Crippen molar-refractivity contribution in [2.75, 3.05) is 0 Å². The SMILES string of the molecule is N[N+]12C=CN=CC1=C(C1=CC=C1)N=C2c1cccc(OCc2cc(F)cc(F)c2)c1. The standard InChI is InChI=1S/C23H17F2N4O/c24-18-9-15(10-19(25)12-18)14-30-20-6-2-5-17(11-20)23-28-22(16-3-1-4-16)21-13-27-7-8-29(21,23)26/h1-13H,14,26H2/q+1. The van der Waals surface area contributed by atoms with E-state index in [0.29, 0.717) is 17.1 Å². The Morgan fingerprint density at radius 3 is 2.60 bits per heavy atom. The van der Waals surface area contributed by atoms with Crippen molar-refractivity contribution in [3.63, 3.8) is 0 Å². The first-order valence-electron chi connectivity index (χ1n) is 9.32. The second kappa shape index (κ2) is 6.98. The lowest BCUT2D eigenvalue weighted by molar-refractivity contribution is -0.750. The van der Waals surface area contributed by atoms with Gasteiger partial charge in [-0.05, 0) is 35.9 Å². The van der Waals surface area contributed by atoms with Gasteiger partial charge in [-0.15, -0.1) is 4.59 Å². The zero-order chi connectivity index (χ0) is 20.7. The lowest BCUT2D eigenvalue weighted by Crippen LogP contribution is -2.53. The molecule has 0 amide bonds. The molecule has 2 aliphatic heterocycles. The molecule has 30 heavy (non-hydrogen) atoms. The van der Waals surface area contributed by atoms with Gasteiger partial charge in [0, 0.05) is 11.6 Å². The van der Waals surface area contributed by atoms with Crippen LogP contribution in [0.4, 0.5) is 8.78 Å². The van der Waals surface area contributed by atoms with E-state index >= 15 is 0 Å². The average molecular weight is 403 g/mol. The molecule has 2 aromatic rings. The van der Waals surface area contributed by atoms with Crippen LogP contribution in [-0.2, 0) is 6.61 Å². The molecule has 3 aliphatic rings. The molecular weight excluding hydrogens is 386 g/mol. The van der Waals surface area contributed by atoms with Crippen LogP contribution in [0.1, 0.15) is 11.1 Å². The first-order chi connectivity index (χ1) is 14.5. The Kier molecular flexibility index (Phi) is 4.27. The quantitative estimate of drug-likeness (QED) is 0.599. The molecule has 0 bridgehead atoms. The summed E-state index contributed by atoms with van der Waals surface area (Å²) >= 11 is 0. The molecule has 1 atom stereocenters. The average Bonchev–Trinajstić information content (AvgIpc) is 2.97. The second-order valence-corrected chi connectivity index (χ2v) is 7.10. The molecule has 2 aromatic carbocycles. The summed E-state index contributed by atoms with van der Waals surface area (Å²) < 4.78 is 32.5. The fourth-order valence-electron chi connectivity index (χ4n) is 3.53. The van der Waals surface area contributed by atoms with E-state index in [2.05, 4.69) is 4.99 Å². The van der Waals surface area contributed by atoms with Gasteiger partial charge in [-0.1, -0.05) is 24.3 Å². The lowest BCUT2D eigenvalue weighted by Gasteiger charge is -2.26. The van der Waals surface area contributed by atoms with Crippen molar-refractivity contribution in [2.24, 2.45) is 15.8 Å². The van der Waals surface area contributed by atoms with Gasteiger partial charge in [0.25, 0.3) is 5.84 Å². The molecule has 1 unspecified atom stereocenters. The van der Waals surface area contributed by atoms with Gasteiger partial charge < -0.3 is 4.74 Å². The van der Waals surface area contributed by atoms with Crippen LogP contribution in [0.15, 0.2) is 100 Å². The fraction of sp³-hybridized carbons (Fsp3) is 0.0435. The van der Waals surface area contributed by atoms with E-state index in [9.17, 15) is 8.78 Å². The van der Waals surface area contributed by atoms with Gasteiger partial charge in [0.15, 0.2) is 0 Å². The van der Waals surface area contributed by atoms with Gasteiger partial charge in [-0.3, -0.25) is 4.99 Å². The van der Waals surface area contributed by atoms with Crippen LogP contribution >= 0.6 is 0 Å². The highest BCUT2D eigenvalue weighted by Gasteiger charge is 2.44. The van der Waals surface area contributed by atoms with Gasteiger partial charge in [-0.2, -0.15) is 10.8 Å². The number of allylic oxidation sites excluding steroid dienone is 4. The number of nitrogens with zero attached hydrogens (tertiary/aromatic N) is 3. The monoisotopic (exact) mass is 403 g/mol. The van der Waals surface area contributed by atoms with E-state index < -0.39 is 11.6 Å².